The Morgan fingerprint density at radius 3 is 2.44 bits per heavy atom. The Balaban J connectivity index is 1.59. The summed E-state index contributed by atoms with van der Waals surface area (Å²) in [6.07, 6.45) is 2.73. The molecule has 0 saturated heterocycles. The van der Waals surface area contributed by atoms with E-state index >= 15 is 0 Å². The summed E-state index contributed by atoms with van der Waals surface area (Å²) in [5.74, 6) is -0.376. The van der Waals surface area contributed by atoms with E-state index in [1.165, 1.54) is 29.8 Å². The molecule has 9 heteroatoms. The van der Waals surface area contributed by atoms with Gasteiger partial charge in [-0.25, -0.2) is 8.42 Å². The predicted octanol–water partition coefficient (Wildman–Crippen LogP) is 6.03. The van der Waals surface area contributed by atoms with Crippen LogP contribution in [0, 0.1) is 0 Å². The number of sulfonamides is 1. The topological polar surface area (TPSA) is 66.5 Å². The first kappa shape index (κ1) is 25.0. The molecule has 1 aliphatic rings. The minimum Gasteiger partial charge on any atom is -0.348 e. The summed E-state index contributed by atoms with van der Waals surface area (Å²) < 4.78 is 28.1. The molecule has 0 fully saturated rings. The van der Waals surface area contributed by atoms with Gasteiger partial charge in [0.25, 0.3) is 0 Å². The molecule has 1 atom stereocenters. The Hall–Kier alpha value is -2.09. The van der Waals surface area contributed by atoms with Crippen LogP contribution < -0.4 is 5.32 Å². The van der Waals surface area contributed by atoms with E-state index in [4.69, 9.17) is 34.8 Å². The van der Waals surface area contributed by atoms with Crippen LogP contribution in [0.3, 0.4) is 0 Å². The summed E-state index contributed by atoms with van der Waals surface area (Å²) in [5, 5.41) is 4.13. The zero-order chi connectivity index (χ0) is 24.3. The fourth-order valence-corrected chi connectivity index (χ4v) is 5.96. The maximum absolute atomic E-state index is 13.5. The quantitative estimate of drug-likeness (QED) is 0.400. The van der Waals surface area contributed by atoms with E-state index in [9.17, 15) is 13.2 Å². The standard InChI is InChI=1S/C25H23Cl3N2O3S/c26-19-9-11-20(12-10-19)34(32,33)30(15-17-8-13-22(27)23(28)14-17)16-25(31)29-24-7-3-5-18-4-1-2-6-21(18)24/h1-2,4,6,8-14,24H,3,5,7,15-16H2,(H,29,31)/t24-/m1/s1. The Labute approximate surface area is 214 Å². The molecule has 4 rings (SSSR count). The second kappa shape index (κ2) is 10.7. The van der Waals surface area contributed by atoms with Crippen molar-refractivity contribution < 1.29 is 13.2 Å². The zero-order valence-electron chi connectivity index (χ0n) is 18.2. The van der Waals surface area contributed by atoms with Crippen LogP contribution in [0.5, 0.6) is 0 Å². The Morgan fingerprint density at radius 2 is 1.71 bits per heavy atom. The molecule has 0 spiro atoms. The van der Waals surface area contributed by atoms with Crippen LogP contribution in [0.2, 0.25) is 15.1 Å². The molecule has 0 heterocycles. The van der Waals surface area contributed by atoms with Gasteiger partial charge in [-0.2, -0.15) is 4.31 Å². The lowest BCUT2D eigenvalue weighted by molar-refractivity contribution is -0.122. The van der Waals surface area contributed by atoms with Crippen molar-refractivity contribution in [3.8, 4) is 0 Å². The number of carbonyl (C=O) groups excluding carboxylic acids is 1. The van der Waals surface area contributed by atoms with Gasteiger partial charge in [0.2, 0.25) is 15.9 Å². The first-order valence-electron chi connectivity index (χ1n) is 10.8. The largest absolute Gasteiger partial charge is 0.348 e. The zero-order valence-corrected chi connectivity index (χ0v) is 21.3. The van der Waals surface area contributed by atoms with Gasteiger partial charge in [0.1, 0.15) is 0 Å². The van der Waals surface area contributed by atoms with Gasteiger partial charge < -0.3 is 5.32 Å². The van der Waals surface area contributed by atoms with Gasteiger partial charge in [0.15, 0.2) is 0 Å². The summed E-state index contributed by atoms with van der Waals surface area (Å²) >= 11 is 18.1. The smallest absolute Gasteiger partial charge is 0.243 e. The number of hydrogen-bond acceptors (Lipinski definition) is 3. The third-order valence-electron chi connectivity index (χ3n) is 5.82. The van der Waals surface area contributed by atoms with Crippen LogP contribution in [-0.2, 0) is 27.8 Å². The van der Waals surface area contributed by atoms with E-state index in [1.54, 1.807) is 18.2 Å². The van der Waals surface area contributed by atoms with E-state index in [0.717, 1.165) is 29.1 Å². The predicted molar refractivity (Wildman–Crippen MR) is 136 cm³/mol. The highest BCUT2D eigenvalue weighted by molar-refractivity contribution is 7.89. The normalized spacial score (nSPS) is 15.7. The molecule has 178 valence electrons. The van der Waals surface area contributed by atoms with Crippen molar-refractivity contribution in [2.45, 2.75) is 36.7 Å². The molecule has 0 unspecified atom stereocenters. The lowest BCUT2D eigenvalue weighted by atomic mass is 9.88. The molecule has 1 amide bonds. The molecule has 0 aromatic heterocycles. The number of amides is 1. The number of hydrogen-bond donors (Lipinski definition) is 1. The van der Waals surface area contributed by atoms with Crippen LogP contribution in [-0.4, -0.2) is 25.2 Å². The molecule has 0 saturated carbocycles. The fraction of sp³-hybridized carbons (Fsp3) is 0.240. The van der Waals surface area contributed by atoms with Gasteiger partial charge in [0.05, 0.1) is 27.5 Å². The minimum atomic E-state index is -4.00. The average Bonchev–Trinajstić information content (AvgIpc) is 2.81. The number of aryl methyl sites for hydroxylation is 1. The summed E-state index contributed by atoms with van der Waals surface area (Å²) in [6.45, 7) is -0.388. The maximum Gasteiger partial charge on any atom is 0.243 e. The molecular formula is C25H23Cl3N2O3S. The summed E-state index contributed by atoms with van der Waals surface area (Å²) in [7, 11) is -4.00. The Bertz CT molecular complexity index is 1300. The minimum absolute atomic E-state index is 0.0451. The van der Waals surface area contributed by atoms with Crippen molar-refractivity contribution in [2.24, 2.45) is 0 Å². The number of fused-ring (bicyclic) bond motifs is 1. The van der Waals surface area contributed by atoms with Gasteiger partial charge in [-0.05, 0) is 72.4 Å². The molecule has 3 aromatic carbocycles. The molecule has 0 radical (unpaired) electrons. The molecule has 34 heavy (non-hydrogen) atoms. The van der Waals surface area contributed by atoms with E-state index in [1.807, 2.05) is 18.2 Å². The number of benzene rings is 3. The lowest BCUT2D eigenvalue weighted by Gasteiger charge is -2.28. The number of nitrogens with one attached hydrogen (secondary N) is 1. The monoisotopic (exact) mass is 536 g/mol. The van der Waals surface area contributed by atoms with Crippen molar-refractivity contribution in [3.05, 3.63) is 98.5 Å². The number of halogens is 3. The highest BCUT2D eigenvalue weighted by atomic mass is 35.5. The van der Waals surface area contributed by atoms with Crippen molar-refractivity contribution >= 4 is 50.7 Å². The average molecular weight is 538 g/mol. The number of rotatable bonds is 7. The van der Waals surface area contributed by atoms with Crippen LogP contribution in [0.25, 0.3) is 0 Å². The molecule has 5 nitrogen and oxygen atoms in total. The van der Waals surface area contributed by atoms with Crippen LogP contribution in [0.4, 0.5) is 0 Å². The highest BCUT2D eigenvalue weighted by Gasteiger charge is 2.29. The summed E-state index contributed by atoms with van der Waals surface area (Å²) in [5.41, 5.74) is 2.90. The first-order chi connectivity index (χ1) is 16.2. The lowest BCUT2D eigenvalue weighted by Crippen LogP contribution is -2.42. The maximum atomic E-state index is 13.5. The second-order valence-electron chi connectivity index (χ2n) is 8.19. The van der Waals surface area contributed by atoms with E-state index in [-0.39, 0.29) is 29.9 Å². The molecule has 1 aliphatic carbocycles. The van der Waals surface area contributed by atoms with Gasteiger partial charge in [0, 0.05) is 11.6 Å². The highest BCUT2D eigenvalue weighted by Crippen LogP contribution is 2.30. The molecule has 0 bridgehead atoms. The third-order valence-corrected chi connectivity index (χ3v) is 8.62. The summed E-state index contributed by atoms with van der Waals surface area (Å²) in [6, 6.07) is 18.6. The van der Waals surface area contributed by atoms with E-state index in [0.29, 0.717) is 20.6 Å². The van der Waals surface area contributed by atoms with Crippen molar-refractivity contribution in [2.75, 3.05) is 6.54 Å². The van der Waals surface area contributed by atoms with Gasteiger partial charge >= 0.3 is 0 Å². The molecular weight excluding hydrogens is 515 g/mol. The van der Waals surface area contributed by atoms with Crippen molar-refractivity contribution in [1.29, 1.82) is 0 Å². The second-order valence-corrected chi connectivity index (χ2v) is 11.4. The van der Waals surface area contributed by atoms with Crippen LogP contribution >= 0.6 is 34.8 Å². The number of nitrogens with zero attached hydrogens (tertiary/aromatic N) is 1. The fourth-order valence-electron chi connectivity index (χ4n) is 4.13. The van der Waals surface area contributed by atoms with Crippen LogP contribution in [0.15, 0.2) is 71.6 Å². The van der Waals surface area contributed by atoms with Gasteiger partial charge in [-0.1, -0.05) is 65.1 Å². The van der Waals surface area contributed by atoms with E-state index in [2.05, 4.69) is 11.4 Å². The first-order valence-corrected chi connectivity index (χ1v) is 13.4. The Morgan fingerprint density at radius 1 is 0.971 bits per heavy atom. The SMILES string of the molecule is O=C(CN(Cc1ccc(Cl)c(Cl)c1)S(=O)(=O)c1ccc(Cl)cc1)N[C@@H]1CCCc2ccccc21. The van der Waals surface area contributed by atoms with Gasteiger partial charge in [-0.15, -0.1) is 0 Å². The van der Waals surface area contributed by atoms with Crippen LogP contribution in [0.1, 0.15) is 35.6 Å². The van der Waals surface area contributed by atoms with E-state index < -0.39 is 10.0 Å². The third kappa shape index (κ3) is 5.75. The molecule has 3 aromatic rings. The Kier molecular flexibility index (Phi) is 7.85. The summed E-state index contributed by atoms with van der Waals surface area (Å²) in [4.78, 5) is 13.1. The van der Waals surface area contributed by atoms with Gasteiger partial charge in [-0.3, -0.25) is 4.79 Å². The van der Waals surface area contributed by atoms with Crippen molar-refractivity contribution in [1.82, 2.24) is 9.62 Å². The number of carbonyl (C=O) groups is 1. The molecule has 1 N–H and O–H groups in total. The molecule has 0 aliphatic heterocycles. The van der Waals surface area contributed by atoms with Crippen molar-refractivity contribution in [3.63, 3.8) is 0 Å².